The lowest BCUT2D eigenvalue weighted by Crippen LogP contribution is -2.27. The Balaban J connectivity index is 1.70. The molecule has 1 amide bonds. The minimum Gasteiger partial charge on any atom is -0.362 e. The lowest BCUT2D eigenvalue weighted by Gasteiger charge is -2.15. The van der Waals surface area contributed by atoms with E-state index in [0.29, 0.717) is 0 Å². The number of hydrogen-bond acceptors (Lipinski definition) is 6. The van der Waals surface area contributed by atoms with Gasteiger partial charge in [0.05, 0.1) is 16.3 Å². The number of fused-ring (bicyclic) bond motifs is 1. The van der Waals surface area contributed by atoms with Crippen LogP contribution in [0.5, 0.6) is 0 Å². The maximum absolute atomic E-state index is 12.8. The number of carbonyl (C=O) groups is 1. The van der Waals surface area contributed by atoms with Gasteiger partial charge in [0.2, 0.25) is 0 Å². The Kier molecular flexibility index (Phi) is 4.43. The van der Waals surface area contributed by atoms with Gasteiger partial charge in [0.1, 0.15) is 17.0 Å². The Bertz CT molecular complexity index is 897. The average Bonchev–Trinajstić information content (AvgIpc) is 3.36. The zero-order valence-corrected chi connectivity index (χ0v) is 15.9. The van der Waals surface area contributed by atoms with Crippen molar-refractivity contribution in [3.63, 3.8) is 0 Å². The fourth-order valence-corrected chi connectivity index (χ4v) is 5.11. The van der Waals surface area contributed by atoms with E-state index in [1.807, 2.05) is 11.8 Å². The summed E-state index contributed by atoms with van der Waals surface area (Å²) in [5, 5.41) is 6.54. The highest BCUT2D eigenvalue weighted by Gasteiger charge is 2.25. The molecule has 1 fully saturated rings. The van der Waals surface area contributed by atoms with Gasteiger partial charge in [-0.3, -0.25) is 4.79 Å². The van der Waals surface area contributed by atoms with Crippen molar-refractivity contribution in [1.82, 2.24) is 14.9 Å². The van der Waals surface area contributed by atoms with Crippen LogP contribution in [0.3, 0.4) is 0 Å². The van der Waals surface area contributed by atoms with E-state index in [-0.39, 0.29) is 11.9 Å². The van der Waals surface area contributed by atoms with Crippen molar-refractivity contribution in [3.8, 4) is 0 Å². The van der Waals surface area contributed by atoms with Crippen LogP contribution in [0.25, 0.3) is 10.2 Å². The van der Waals surface area contributed by atoms with Crippen molar-refractivity contribution >= 4 is 44.6 Å². The molecule has 1 aliphatic rings. The predicted molar refractivity (Wildman–Crippen MR) is 104 cm³/mol. The predicted octanol–water partition coefficient (Wildman–Crippen LogP) is 4.47. The molecule has 3 aromatic heterocycles. The standard InChI is InChI=1S/C18H20N4OS2/c1-11-14-16(21-12(2)13-6-5-9-24-13)19-10-20-17(14)25-15(11)18(23)22-7-3-4-8-22/h5-6,9-10,12H,3-4,7-8H2,1-2H3,(H,19,20,21)/t12-/m0/s1. The van der Waals surface area contributed by atoms with Crippen LogP contribution in [0.1, 0.15) is 45.9 Å². The van der Waals surface area contributed by atoms with Gasteiger partial charge in [-0.05, 0) is 43.7 Å². The Labute approximate surface area is 154 Å². The van der Waals surface area contributed by atoms with Gasteiger partial charge in [-0.2, -0.15) is 0 Å². The normalized spacial score (nSPS) is 15.7. The Morgan fingerprint density at radius 2 is 2.12 bits per heavy atom. The molecule has 1 aliphatic heterocycles. The molecule has 0 aromatic carbocycles. The van der Waals surface area contributed by atoms with Crippen LogP contribution < -0.4 is 5.32 Å². The molecular weight excluding hydrogens is 352 g/mol. The zero-order chi connectivity index (χ0) is 17.4. The fraction of sp³-hybridized carbons (Fsp3) is 0.389. The van der Waals surface area contributed by atoms with E-state index < -0.39 is 0 Å². The minimum atomic E-state index is 0.134. The first-order valence-electron chi connectivity index (χ1n) is 8.48. The molecular formula is C18H20N4OS2. The average molecular weight is 373 g/mol. The van der Waals surface area contributed by atoms with E-state index in [1.54, 1.807) is 17.7 Å². The van der Waals surface area contributed by atoms with Crippen LogP contribution in [-0.2, 0) is 0 Å². The van der Waals surface area contributed by atoms with Crippen molar-refractivity contribution < 1.29 is 4.79 Å². The monoisotopic (exact) mass is 372 g/mol. The number of thiophene rings is 2. The van der Waals surface area contributed by atoms with E-state index in [9.17, 15) is 4.79 Å². The SMILES string of the molecule is Cc1c(C(=O)N2CCCC2)sc2ncnc(N[C@@H](C)c3cccs3)c12. The molecule has 5 nitrogen and oxygen atoms in total. The minimum absolute atomic E-state index is 0.134. The Morgan fingerprint density at radius 1 is 1.32 bits per heavy atom. The number of aromatic nitrogens is 2. The molecule has 1 N–H and O–H groups in total. The second kappa shape index (κ2) is 6.72. The van der Waals surface area contributed by atoms with E-state index >= 15 is 0 Å². The number of aryl methyl sites for hydroxylation is 1. The van der Waals surface area contributed by atoms with Crippen molar-refractivity contribution in [3.05, 3.63) is 39.2 Å². The summed E-state index contributed by atoms with van der Waals surface area (Å²) in [4.78, 5) is 26.6. The van der Waals surface area contributed by atoms with Crippen molar-refractivity contribution in [2.75, 3.05) is 18.4 Å². The van der Waals surface area contributed by atoms with Crippen LogP contribution in [0, 0.1) is 6.92 Å². The molecule has 0 aliphatic carbocycles. The number of hydrogen-bond donors (Lipinski definition) is 1. The van der Waals surface area contributed by atoms with E-state index in [2.05, 4.69) is 39.7 Å². The number of anilines is 1. The Hall–Kier alpha value is -1.99. The maximum atomic E-state index is 12.8. The molecule has 7 heteroatoms. The molecule has 0 unspecified atom stereocenters. The number of carbonyl (C=O) groups excluding carboxylic acids is 1. The van der Waals surface area contributed by atoms with Gasteiger partial charge in [0.25, 0.3) is 5.91 Å². The molecule has 3 aromatic rings. The quantitative estimate of drug-likeness (QED) is 0.734. The first kappa shape index (κ1) is 16.5. The number of rotatable bonds is 4. The summed E-state index contributed by atoms with van der Waals surface area (Å²) in [6.07, 6.45) is 3.77. The van der Waals surface area contributed by atoms with Crippen LogP contribution in [0.4, 0.5) is 5.82 Å². The molecule has 1 saturated heterocycles. The second-order valence-electron chi connectivity index (χ2n) is 6.34. The largest absolute Gasteiger partial charge is 0.362 e. The molecule has 130 valence electrons. The summed E-state index contributed by atoms with van der Waals surface area (Å²) in [6, 6.07) is 4.33. The second-order valence-corrected chi connectivity index (χ2v) is 8.32. The summed E-state index contributed by atoms with van der Waals surface area (Å²) in [7, 11) is 0. The summed E-state index contributed by atoms with van der Waals surface area (Å²) >= 11 is 3.20. The van der Waals surface area contributed by atoms with Crippen LogP contribution in [0.15, 0.2) is 23.8 Å². The van der Waals surface area contributed by atoms with E-state index in [0.717, 1.165) is 52.4 Å². The zero-order valence-electron chi connectivity index (χ0n) is 14.3. The number of nitrogens with one attached hydrogen (secondary N) is 1. The summed E-state index contributed by atoms with van der Waals surface area (Å²) < 4.78 is 0. The molecule has 4 rings (SSSR count). The van der Waals surface area contributed by atoms with Crippen molar-refractivity contribution in [2.45, 2.75) is 32.7 Å². The Morgan fingerprint density at radius 3 is 2.84 bits per heavy atom. The molecule has 0 radical (unpaired) electrons. The van der Waals surface area contributed by atoms with E-state index in [1.165, 1.54) is 16.2 Å². The van der Waals surface area contributed by atoms with Gasteiger partial charge in [-0.15, -0.1) is 22.7 Å². The van der Waals surface area contributed by atoms with Crippen LogP contribution in [0.2, 0.25) is 0 Å². The van der Waals surface area contributed by atoms with Gasteiger partial charge < -0.3 is 10.2 Å². The fourth-order valence-electron chi connectivity index (χ4n) is 3.26. The molecule has 25 heavy (non-hydrogen) atoms. The highest BCUT2D eigenvalue weighted by atomic mass is 32.1. The first-order valence-corrected chi connectivity index (χ1v) is 10.2. The molecule has 0 saturated carbocycles. The first-order chi connectivity index (χ1) is 12.1. The number of likely N-dealkylation sites (tertiary alicyclic amines) is 1. The van der Waals surface area contributed by atoms with Crippen molar-refractivity contribution in [1.29, 1.82) is 0 Å². The maximum Gasteiger partial charge on any atom is 0.264 e. The summed E-state index contributed by atoms with van der Waals surface area (Å²) in [5.74, 6) is 0.940. The van der Waals surface area contributed by atoms with Gasteiger partial charge in [0.15, 0.2) is 0 Å². The smallest absolute Gasteiger partial charge is 0.264 e. The molecule has 4 heterocycles. The summed E-state index contributed by atoms with van der Waals surface area (Å²) in [6.45, 7) is 5.85. The third kappa shape index (κ3) is 3.02. The van der Waals surface area contributed by atoms with Crippen molar-refractivity contribution in [2.24, 2.45) is 0 Å². The van der Waals surface area contributed by atoms with Gasteiger partial charge in [0, 0.05) is 18.0 Å². The van der Waals surface area contributed by atoms with Gasteiger partial charge >= 0.3 is 0 Å². The van der Waals surface area contributed by atoms with Gasteiger partial charge in [-0.25, -0.2) is 9.97 Å². The molecule has 1 atom stereocenters. The summed E-state index contributed by atoms with van der Waals surface area (Å²) in [5.41, 5.74) is 0.985. The van der Waals surface area contributed by atoms with Crippen LogP contribution >= 0.6 is 22.7 Å². The number of amides is 1. The molecule has 0 bridgehead atoms. The molecule has 0 spiro atoms. The topological polar surface area (TPSA) is 58.1 Å². The lowest BCUT2D eigenvalue weighted by atomic mass is 10.1. The van der Waals surface area contributed by atoms with E-state index in [4.69, 9.17) is 0 Å². The lowest BCUT2D eigenvalue weighted by molar-refractivity contribution is 0.0797. The van der Waals surface area contributed by atoms with Gasteiger partial charge in [-0.1, -0.05) is 6.07 Å². The van der Waals surface area contributed by atoms with Crippen LogP contribution in [-0.4, -0.2) is 33.9 Å². The number of nitrogens with zero attached hydrogens (tertiary/aromatic N) is 3. The third-order valence-electron chi connectivity index (χ3n) is 4.64. The highest BCUT2D eigenvalue weighted by Crippen LogP contribution is 2.36. The third-order valence-corrected chi connectivity index (χ3v) is 6.88. The highest BCUT2D eigenvalue weighted by molar-refractivity contribution is 7.20.